The molecule has 0 saturated carbocycles. The fourth-order valence-electron chi connectivity index (χ4n) is 1.82. The molecule has 7 heteroatoms. The van der Waals surface area contributed by atoms with Crippen molar-refractivity contribution in [3.63, 3.8) is 0 Å². The summed E-state index contributed by atoms with van der Waals surface area (Å²) in [5.74, 6) is 0.601. The number of benzene rings is 2. The Balaban J connectivity index is 1.76. The molecule has 0 spiro atoms. The average Bonchev–Trinajstić information content (AvgIpc) is 2.98. The van der Waals surface area contributed by atoms with E-state index in [2.05, 4.69) is 20.8 Å². The summed E-state index contributed by atoms with van der Waals surface area (Å²) in [5.41, 5.74) is 1.76. The smallest absolute Gasteiger partial charge is 0.181 e. The van der Waals surface area contributed by atoms with Crippen molar-refractivity contribution in [2.24, 2.45) is 0 Å². The number of aromatic nitrogens is 4. The first-order valence-electron chi connectivity index (χ1n) is 6.45. The number of hydrogen-bond donors (Lipinski definition) is 1. The number of nitrogens with zero attached hydrogens (tertiary/aromatic N) is 4. The van der Waals surface area contributed by atoms with E-state index in [4.69, 9.17) is 23.2 Å². The molecule has 0 aliphatic carbocycles. The predicted molar refractivity (Wildman–Crippen MR) is 88.3 cm³/mol. The lowest BCUT2D eigenvalue weighted by molar-refractivity contribution is 0.787. The molecule has 2 aromatic carbocycles. The van der Waals surface area contributed by atoms with Crippen molar-refractivity contribution in [3.05, 3.63) is 70.6 Å². The molecule has 1 aromatic heterocycles. The van der Waals surface area contributed by atoms with Gasteiger partial charge in [-0.15, -0.1) is 5.10 Å². The van der Waals surface area contributed by atoms with Crippen molar-refractivity contribution in [2.75, 3.05) is 5.32 Å². The van der Waals surface area contributed by atoms with Crippen LogP contribution >= 0.6 is 23.2 Å². The van der Waals surface area contributed by atoms with Gasteiger partial charge in [-0.2, -0.15) is 4.68 Å². The van der Waals surface area contributed by atoms with Gasteiger partial charge in [0.15, 0.2) is 5.82 Å². The number of nitrogens with one attached hydrogen (secondary N) is 1. The van der Waals surface area contributed by atoms with Crippen molar-refractivity contribution >= 4 is 35.0 Å². The summed E-state index contributed by atoms with van der Waals surface area (Å²) in [6.45, 7) is 0. The summed E-state index contributed by atoms with van der Waals surface area (Å²) in [6.07, 6.45) is 3.55. The zero-order valence-electron chi connectivity index (χ0n) is 11.3. The largest absolute Gasteiger partial charge is 0.362 e. The van der Waals surface area contributed by atoms with Crippen LogP contribution in [0.1, 0.15) is 5.82 Å². The second-order valence-electron chi connectivity index (χ2n) is 4.41. The van der Waals surface area contributed by atoms with Crippen LogP contribution < -0.4 is 5.32 Å². The summed E-state index contributed by atoms with van der Waals surface area (Å²) in [7, 11) is 0. The van der Waals surface area contributed by atoms with E-state index in [1.165, 1.54) is 0 Å². The Bertz CT molecular complexity index is 778. The van der Waals surface area contributed by atoms with Gasteiger partial charge in [0.2, 0.25) is 0 Å². The molecule has 1 N–H and O–H groups in total. The van der Waals surface area contributed by atoms with Gasteiger partial charge in [0.05, 0.1) is 5.69 Å². The highest BCUT2D eigenvalue weighted by atomic mass is 35.5. The van der Waals surface area contributed by atoms with Crippen LogP contribution in [0.15, 0.2) is 54.7 Å². The Morgan fingerprint density at radius 2 is 1.55 bits per heavy atom. The molecule has 0 aliphatic rings. The maximum Gasteiger partial charge on any atom is 0.181 e. The van der Waals surface area contributed by atoms with Crippen LogP contribution in [-0.2, 0) is 0 Å². The first-order valence-corrected chi connectivity index (χ1v) is 7.21. The summed E-state index contributed by atoms with van der Waals surface area (Å²) < 4.78 is 1.62. The molecule has 0 atom stereocenters. The first kappa shape index (κ1) is 14.6. The maximum atomic E-state index is 5.88. The molecule has 110 valence electrons. The fraction of sp³-hybridized carbons (Fsp3) is 0. The molecule has 5 nitrogen and oxygen atoms in total. The minimum atomic E-state index is 0.601. The molecule has 22 heavy (non-hydrogen) atoms. The van der Waals surface area contributed by atoms with Gasteiger partial charge in [-0.05, 0) is 59.0 Å². The lowest BCUT2D eigenvalue weighted by Crippen LogP contribution is -1.99. The van der Waals surface area contributed by atoms with E-state index >= 15 is 0 Å². The highest BCUT2D eigenvalue weighted by Crippen LogP contribution is 2.15. The second kappa shape index (κ2) is 6.60. The zero-order chi connectivity index (χ0) is 15.4. The Labute approximate surface area is 137 Å². The SMILES string of the molecule is Clc1ccc(N/C=C\c2nnnn2-c2ccc(Cl)cc2)cc1. The third-order valence-electron chi connectivity index (χ3n) is 2.89. The quantitative estimate of drug-likeness (QED) is 0.783. The van der Waals surface area contributed by atoms with Crippen molar-refractivity contribution in [1.82, 2.24) is 20.2 Å². The molecule has 0 saturated heterocycles. The average molecular weight is 332 g/mol. The van der Waals surface area contributed by atoms with E-state index in [1.807, 2.05) is 36.4 Å². The third kappa shape index (κ3) is 3.44. The fourth-order valence-corrected chi connectivity index (χ4v) is 2.07. The van der Waals surface area contributed by atoms with Crippen LogP contribution in [0.3, 0.4) is 0 Å². The molecule has 3 rings (SSSR count). The Kier molecular flexibility index (Phi) is 4.37. The second-order valence-corrected chi connectivity index (χ2v) is 5.28. The zero-order valence-corrected chi connectivity index (χ0v) is 12.8. The van der Waals surface area contributed by atoms with Crippen LogP contribution in [0, 0.1) is 0 Å². The normalized spacial score (nSPS) is 11.0. The Hall–Kier alpha value is -2.37. The van der Waals surface area contributed by atoms with Gasteiger partial charge < -0.3 is 5.32 Å². The highest BCUT2D eigenvalue weighted by Gasteiger charge is 2.04. The third-order valence-corrected chi connectivity index (χ3v) is 3.40. The monoisotopic (exact) mass is 331 g/mol. The number of anilines is 1. The van der Waals surface area contributed by atoms with Crippen LogP contribution in [0.2, 0.25) is 10.0 Å². The van der Waals surface area contributed by atoms with Crippen molar-refractivity contribution < 1.29 is 0 Å². The molecule has 0 bridgehead atoms. The molecular weight excluding hydrogens is 321 g/mol. The van der Waals surface area contributed by atoms with Crippen LogP contribution in [0.25, 0.3) is 11.8 Å². The van der Waals surface area contributed by atoms with Crippen LogP contribution in [0.5, 0.6) is 0 Å². The number of hydrogen-bond acceptors (Lipinski definition) is 4. The molecule has 0 fully saturated rings. The van der Waals surface area contributed by atoms with E-state index < -0.39 is 0 Å². The number of rotatable bonds is 4. The van der Waals surface area contributed by atoms with Gasteiger partial charge in [-0.25, -0.2) is 0 Å². The van der Waals surface area contributed by atoms with E-state index in [0.29, 0.717) is 15.9 Å². The number of halogens is 2. The minimum absolute atomic E-state index is 0.601. The number of tetrazole rings is 1. The summed E-state index contributed by atoms with van der Waals surface area (Å²) in [4.78, 5) is 0. The maximum absolute atomic E-state index is 5.88. The molecule has 0 amide bonds. The van der Waals surface area contributed by atoms with Gasteiger partial charge in [0, 0.05) is 28.0 Å². The van der Waals surface area contributed by atoms with Gasteiger partial charge >= 0.3 is 0 Å². The molecule has 0 radical (unpaired) electrons. The minimum Gasteiger partial charge on any atom is -0.362 e. The molecule has 1 heterocycles. The van der Waals surface area contributed by atoms with Gasteiger partial charge in [0.25, 0.3) is 0 Å². The van der Waals surface area contributed by atoms with Crippen molar-refractivity contribution in [2.45, 2.75) is 0 Å². The molecular formula is C15H11Cl2N5. The van der Waals surface area contributed by atoms with Crippen molar-refractivity contribution in [3.8, 4) is 5.69 Å². The molecule has 0 aliphatic heterocycles. The lowest BCUT2D eigenvalue weighted by Gasteiger charge is -2.02. The highest BCUT2D eigenvalue weighted by molar-refractivity contribution is 6.30. The van der Waals surface area contributed by atoms with E-state index in [-0.39, 0.29) is 0 Å². The lowest BCUT2D eigenvalue weighted by atomic mass is 10.3. The first-order chi connectivity index (χ1) is 10.7. The predicted octanol–water partition coefficient (Wildman–Crippen LogP) is 4.05. The van der Waals surface area contributed by atoms with Gasteiger partial charge in [-0.1, -0.05) is 23.2 Å². The van der Waals surface area contributed by atoms with Gasteiger partial charge in [-0.3, -0.25) is 0 Å². The topological polar surface area (TPSA) is 55.6 Å². The standard InChI is InChI=1S/C15H11Cl2N5/c16-11-1-5-13(6-2-11)18-10-9-15-19-20-21-22(15)14-7-3-12(17)4-8-14/h1-10,18H/b10-9-. The summed E-state index contributed by atoms with van der Waals surface area (Å²) >= 11 is 11.7. The van der Waals surface area contributed by atoms with E-state index in [1.54, 1.807) is 29.1 Å². The Morgan fingerprint density at radius 3 is 2.23 bits per heavy atom. The van der Waals surface area contributed by atoms with Crippen LogP contribution in [0.4, 0.5) is 5.69 Å². The van der Waals surface area contributed by atoms with Crippen molar-refractivity contribution in [1.29, 1.82) is 0 Å². The van der Waals surface area contributed by atoms with E-state index in [9.17, 15) is 0 Å². The summed E-state index contributed by atoms with van der Waals surface area (Å²) in [6, 6.07) is 14.7. The van der Waals surface area contributed by atoms with Crippen LogP contribution in [-0.4, -0.2) is 20.2 Å². The molecule has 0 unspecified atom stereocenters. The van der Waals surface area contributed by atoms with Gasteiger partial charge in [0.1, 0.15) is 0 Å². The Morgan fingerprint density at radius 1 is 0.909 bits per heavy atom. The summed E-state index contributed by atoms with van der Waals surface area (Å²) in [5, 5.41) is 16.1. The molecule has 3 aromatic rings. The van der Waals surface area contributed by atoms with E-state index in [0.717, 1.165) is 11.4 Å².